The molecule has 2 aromatic carbocycles. The van der Waals surface area contributed by atoms with Gasteiger partial charge in [0.1, 0.15) is 0 Å². The van der Waals surface area contributed by atoms with Gasteiger partial charge in [0, 0.05) is 19.7 Å². The van der Waals surface area contributed by atoms with Crippen molar-refractivity contribution in [2.75, 3.05) is 18.8 Å². The van der Waals surface area contributed by atoms with Crippen LogP contribution in [0.4, 0.5) is 5.69 Å². The first-order chi connectivity index (χ1) is 11.9. The fourth-order valence-corrected chi connectivity index (χ4v) is 4.20. The number of aryl methyl sites for hydroxylation is 1. The molecule has 0 radical (unpaired) electrons. The summed E-state index contributed by atoms with van der Waals surface area (Å²) in [5, 5.41) is 0. The second-order valence-corrected chi connectivity index (χ2v) is 9.78. The van der Waals surface area contributed by atoms with Crippen LogP contribution in [0.1, 0.15) is 22.8 Å². The van der Waals surface area contributed by atoms with Crippen LogP contribution in [-0.2, 0) is 20.0 Å². The van der Waals surface area contributed by atoms with Crippen molar-refractivity contribution >= 4 is 31.5 Å². The molecule has 26 heavy (non-hydrogen) atoms. The van der Waals surface area contributed by atoms with Crippen molar-refractivity contribution in [1.29, 1.82) is 0 Å². The van der Waals surface area contributed by atoms with Gasteiger partial charge in [-0.3, -0.25) is 9.52 Å². The minimum absolute atomic E-state index is 0.0160. The molecule has 0 aliphatic rings. The second-order valence-electron chi connectivity index (χ2n) is 5.95. The van der Waals surface area contributed by atoms with Crippen LogP contribution < -0.4 is 4.72 Å². The van der Waals surface area contributed by atoms with E-state index in [1.807, 2.05) is 0 Å². The van der Waals surface area contributed by atoms with Crippen LogP contribution in [0, 0.1) is 6.92 Å². The highest BCUT2D eigenvalue weighted by molar-refractivity contribution is 7.92. The van der Waals surface area contributed by atoms with Crippen molar-refractivity contribution in [2.45, 2.75) is 23.6 Å². The SMILES string of the molecule is CC(=O)c1ccc(S(=O)(=O)Nc2cc(S(=O)(=O)N(C)C)ccc2C)cc1. The topological polar surface area (TPSA) is 101 Å². The van der Waals surface area contributed by atoms with Gasteiger partial charge in [0.05, 0.1) is 15.5 Å². The van der Waals surface area contributed by atoms with Crippen LogP contribution in [0.3, 0.4) is 0 Å². The first kappa shape index (κ1) is 20.1. The first-order valence-electron chi connectivity index (χ1n) is 7.62. The van der Waals surface area contributed by atoms with Gasteiger partial charge in [0.25, 0.3) is 10.0 Å². The molecule has 0 aromatic heterocycles. The molecular formula is C17H20N2O5S2. The van der Waals surface area contributed by atoms with Gasteiger partial charge >= 0.3 is 0 Å². The molecule has 0 saturated carbocycles. The van der Waals surface area contributed by atoms with Crippen molar-refractivity contribution in [3.63, 3.8) is 0 Å². The lowest BCUT2D eigenvalue weighted by Crippen LogP contribution is -2.22. The Kier molecular flexibility index (Phi) is 5.55. The van der Waals surface area contributed by atoms with E-state index in [1.54, 1.807) is 6.92 Å². The Morgan fingerprint density at radius 2 is 1.46 bits per heavy atom. The molecule has 2 rings (SSSR count). The number of nitrogens with one attached hydrogen (secondary N) is 1. The Morgan fingerprint density at radius 1 is 0.923 bits per heavy atom. The van der Waals surface area contributed by atoms with Crippen LogP contribution in [0.5, 0.6) is 0 Å². The zero-order chi connectivity index (χ0) is 19.7. The maximum Gasteiger partial charge on any atom is 0.261 e. The molecule has 0 heterocycles. The Morgan fingerprint density at radius 3 is 1.96 bits per heavy atom. The molecule has 0 unspecified atom stereocenters. The van der Waals surface area contributed by atoms with Gasteiger partial charge in [-0.1, -0.05) is 18.2 Å². The lowest BCUT2D eigenvalue weighted by Gasteiger charge is -2.15. The minimum atomic E-state index is -3.93. The third-order valence-corrected chi connectivity index (χ3v) is 7.00. The van der Waals surface area contributed by atoms with Crippen molar-refractivity contribution < 1.29 is 21.6 Å². The minimum Gasteiger partial charge on any atom is -0.295 e. The van der Waals surface area contributed by atoms with Crippen LogP contribution >= 0.6 is 0 Å². The highest BCUT2D eigenvalue weighted by Gasteiger charge is 2.21. The average Bonchev–Trinajstić information content (AvgIpc) is 2.56. The summed E-state index contributed by atoms with van der Waals surface area (Å²) in [6, 6.07) is 9.75. The highest BCUT2D eigenvalue weighted by Crippen LogP contribution is 2.24. The zero-order valence-corrected chi connectivity index (χ0v) is 16.5. The number of Topliss-reactive ketones (excluding diaryl/α,β-unsaturated/α-hetero) is 1. The summed E-state index contributed by atoms with van der Waals surface area (Å²) >= 11 is 0. The summed E-state index contributed by atoms with van der Waals surface area (Å²) in [5.74, 6) is -0.167. The Balaban J connectivity index is 2.42. The molecule has 0 amide bonds. The van der Waals surface area contributed by atoms with E-state index in [0.29, 0.717) is 11.1 Å². The van der Waals surface area contributed by atoms with Crippen LogP contribution in [0.25, 0.3) is 0 Å². The van der Waals surface area contributed by atoms with Crippen molar-refractivity contribution in [3.05, 3.63) is 53.6 Å². The molecule has 0 fully saturated rings. The quantitative estimate of drug-likeness (QED) is 0.755. The van der Waals surface area contributed by atoms with Crippen molar-refractivity contribution in [1.82, 2.24) is 4.31 Å². The second kappa shape index (κ2) is 7.18. The van der Waals surface area contributed by atoms with E-state index >= 15 is 0 Å². The fraction of sp³-hybridized carbons (Fsp3) is 0.235. The largest absolute Gasteiger partial charge is 0.295 e. The number of rotatable bonds is 6. The number of nitrogens with zero attached hydrogens (tertiary/aromatic N) is 1. The van der Waals surface area contributed by atoms with E-state index in [4.69, 9.17) is 0 Å². The van der Waals surface area contributed by atoms with Gasteiger partial charge in [-0.2, -0.15) is 0 Å². The number of benzene rings is 2. The Hall–Kier alpha value is -2.23. The van der Waals surface area contributed by atoms with Gasteiger partial charge < -0.3 is 0 Å². The number of carbonyl (C=O) groups excluding carboxylic acids is 1. The van der Waals surface area contributed by atoms with Gasteiger partial charge in [0.2, 0.25) is 10.0 Å². The monoisotopic (exact) mass is 396 g/mol. The first-order valence-corrected chi connectivity index (χ1v) is 10.5. The van der Waals surface area contributed by atoms with Crippen LogP contribution in [0.2, 0.25) is 0 Å². The Labute approximate surface area is 153 Å². The lowest BCUT2D eigenvalue weighted by atomic mass is 10.2. The number of ketones is 1. The van der Waals surface area contributed by atoms with E-state index in [2.05, 4.69) is 4.72 Å². The van der Waals surface area contributed by atoms with Crippen molar-refractivity contribution in [2.24, 2.45) is 0 Å². The maximum absolute atomic E-state index is 12.6. The smallest absolute Gasteiger partial charge is 0.261 e. The molecule has 0 aliphatic heterocycles. The lowest BCUT2D eigenvalue weighted by molar-refractivity contribution is 0.101. The standard InChI is InChI=1S/C17H20N2O5S2/c1-12-5-8-16(26(23,24)19(3)4)11-17(12)18-25(21,22)15-9-6-14(7-10-15)13(2)20/h5-11,18H,1-4H3. The maximum atomic E-state index is 12.6. The van der Waals surface area contributed by atoms with E-state index in [1.165, 1.54) is 63.5 Å². The molecule has 0 saturated heterocycles. The molecule has 0 bridgehead atoms. The van der Waals surface area contributed by atoms with Gasteiger partial charge in [-0.05, 0) is 43.7 Å². The van der Waals surface area contributed by atoms with Gasteiger partial charge in [-0.25, -0.2) is 21.1 Å². The number of carbonyl (C=O) groups is 1. The number of anilines is 1. The molecule has 0 atom stereocenters. The summed E-state index contributed by atoms with van der Waals surface area (Å²) in [4.78, 5) is 11.3. The summed E-state index contributed by atoms with van der Waals surface area (Å²) in [5.41, 5.74) is 1.15. The molecular weight excluding hydrogens is 376 g/mol. The normalized spacial score (nSPS) is 12.2. The van der Waals surface area contributed by atoms with Gasteiger partial charge in [0.15, 0.2) is 5.78 Å². The van der Waals surface area contributed by atoms with E-state index in [-0.39, 0.29) is 21.3 Å². The molecule has 9 heteroatoms. The summed E-state index contributed by atoms with van der Waals surface area (Å²) in [7, 11) is -4.82. The zero-order valence-electron chi connectivity index (χ0n) is 14.8. The molecule has 1 N–H and O–H groups in total. The average molecular weight is 396 g/mol. The van der Waals surface area contributed by atoms with Crippen LogP contribution in [0.15, 0.2) is 52.3 Å². The summed E-state index contributed by atoms with van der Waals surface area (Å²) in [6.45, 7) is 3.06. The molecule has 0 spiro atoms. The van der Waals surface area contributed by atoms with E-state index < -0.39 is 20.0 Å². The molecule has 0 aliphatic carbocycles. The van der Waals surface area contributed by atoms with Gasteiger partial charge in [-0.15, -0.1) is 0 Å². The molecule has 2 aromatic rings. The molecule has 140 valence electrons. The molecule has 7 nitrogen and oxygen atoms in total. The number of hydrogen-bond donors (Lipinski definition) is 1. The summed E-state index contributed by atoms with van der Waals surface area (Å²) in [6.07, 6.45) is 0. The van der Waals surface area contributed by atoms with Crippen LogP contribution in [-0.4, -0.2) is 41.0 Å². The fourth-order valence-electron chi connectivity index (χ4n) is 2.15. The summed E-state index contributed by atoms with van der Waals surface area (Å²) < 4.78 is 53.1. The number of sulfonamides is 2. The highest BCUT2D eigenvalue weighted by atomic mass is 32.2. The number of hydrogen-bond acceptors (Lipinski definition) is 5. The van der Waals surface area contributed by atoms with E-state index in [9.17, 15) is 21.6 Å². The third kappa shape index (κ3) is 4.12. The predicted octanol–water partition coefficient (Wildman–Crippen LogP) is 2.25. The van der Waals surface area contributed by atoms with Crippen molar-refractivity contribution in [3.8, 4) is 0 Å². The Bertz CT molecular complexity index is 1040. The third-order valence-electron chi connectivity index (χ3n) is 3.80. The predicted molar refractivity (Wildman–Crippen MR) is 99.3 cm³/mol. The van der Waals surface area contributed by atoms with E-state index in [0.717, 1.165) is 4.31 Å².